The Kier molecular flexibility index (Phi) is 3.09. The van der Waals surface area contributed by atoms with E-state index in [1.165, 1.54) is 0 Å². The first-order valence-electron chi connectivity index (χ1n) is 4.52. The van der Waals surface area contributed by atoms with Gasteiger partial charge in [0, 0.05) is 16.8 Å². The number of nitrogens with zero attached hydrogens (tertiary/aromatic N) is 2. The van der Waals surface area contributed by atoms with Crippen LogP contribution in [0.5, 0.6) is 0 Å². The molecule has 2 aromatic rings. The van der Waals surface area contributed by atoms with E-state index in [1.807, 2.05) is 12.1 Å². The third kappa shape index (κ3) is 2.16. The molecule has 0 amide bonds. The quantitative estimate of drug-likeness (QED) is 0.718. The van der Waals surface area contributed by atoms with Crippen molar-refractivity contribution in [2.75, 3.05) is 0 Å². The van der Waals surface area contributed by atoms with Crippen LogP contribution in [-0.4, -0.2) is 4.98 Å². The van der Waals surface area contributed by atoms with Crippen molar-refractivity contribution in [3.8, 4) is 17.2 Å². The van der Waals surface area contributed by atoms with Gasteiger partial charge in [0.1, 0.15) is 5.15 Å². The molecular weight excluding hydrogens is 243 g/mol. The summed E-state index contributed by atoms with van der Waals surface area (Å²) in [5.41, 5.74) is 2.26. The molecule has 1 aromatic heterocycles. The molecule has 0 unspecified atom stereocenters. The van der Waals surface area contributed by atoms with Crippen LogP contribution in [0, 0.1) is 11.3 Å². The first kappa shape index (κ1) is 10.9. The summed E-state index contributed by atoms with van der Waals surface area (Å²) < 4.78 is 0. The Morgan fingerprint density at radius 1 is 1.12 bits per heavy atom. The third-order valence-electron chi connectivity index (χ3n) is 2.14. The average Bonchev–Trinajstić information content (AvgIpc) is 2.28. The van der Waals surface area contributed by atoms with E-state index in [1.54, 1.807) is 30.5 Å². The summed E-state index contributed by atoms with van der Waals surface area (Å²) in [7, 11) is 0. The molecule has 2 nitrogen and oxygen atoms in total. The van der Waals surface area contributed by atoms with Gasteiger partial charge in [-0.1, -0.05) is 29.3 Å². The molecule has 1 heterocycles. The lowest BCUT2D eigenvalue weighted by Gasteiger charge is -2.04. The van der Waals surface area contributed by atoms with Crippen LogP contribution in [0.4, 0.5) is 0 Å². The Bertz CT molecular complexity index is 573. The second kappa shape index (κ2) is 4.52. The van der Waals surface area contributed by atoms with E-state index in [-0.39, 0.29) is 0 Å². The minimum Gasteiger partial charge on any atom is -0.245 e. The van der Waals surface area contributed by atoms with Crippen LogP contribution >= 0.6 is 23.2 Å². The van der Waals surface area contributed by atoms with E-state index < -0.39 is 0 Å². The molecule has 1 aromatic carbocycles. The zero-order valence-corrected chi connectivity index (χ0v) is 9.63. The Morgan fingerprint density at radius 3 is 2.56 bits per heavy atom. The highest BCUT2D eigenvalue weighted by Gasteiger charge is 2.05. The van der Waals surface area contributed by atoms with Gasteiger partial charge < -0.3 is 0 Å². The third-order valence-corrected chi connectivity index (χ3v) is 2.66. The molecule has 0 fully saturated rings. The van der Waals surface area contributed by atoms with Gasteiger partial charge in [0.15, 0.2) is 0 Å². The summed E-state index contributed by atoms with van der Waals surface area (Å²) in [5.74, 6) is 0. The predicted molar refractivity (Wildman–Crippen MR) is 64.4 cm³/mol. The Balaban J connectivity index is 2.53. The number of hydrogen-bond acceptors (Lipinski definition) is 2. The maximum Gasteiger partial charge on any atom is 0.129 e. The fourth-order valence-corrected chi connectivity index (χ4v) is 1.85. The molecule has 0 N–H and O–H groups in total. The number of rotatable bonds is 1. The molecule has 0 aliphatic heterocycles. The molecule has 0 saturated carbocycles. The summed E-state index contributed by atoms with van der Waals surface area (Å²) in [6.45, 7) is 0. The second-order valence-electron chi connectivity index (χ2n) is 3.17. The summed E-state index contributed by atoms with van der Waals surface area (Å²) in [6, 6.07) is 10.7. The van der Waals surface area contributed by atoms with Crippen LogP contribution in [0.25, 0.3) is 11.1 Å². The van der Waals surface area contributed by atoms with Crippen molar-refractivity contribution in [2.24, 2.45) is 0 Å². The van der Waals surface area contributed by atoms with Gasteiger partial charge in [0.25, 0.3) is 0 Å². The molecule has 0 aliphatic carbocycles. The predicted octanol–water partition coefficient (Wildman–Crippen LogP) is 3.93. The van der Waals surface area contributed by atoms with E-state index in [0.717, 1.165) is 11.1 Å². The maximum absolute atomic E-state index is 8.73. The van der Waals surface area contributed by atoms with Gasteiger partial charge in [-0.2, -0.15) is 5.26 Å². The van der Waals surface area contributed by atoms with Crippen molar-refractivity contribution in [3.63, 3.8) is 0 Å². The first-order valence-corrected chi connectivity index (χ1v) is 5.28. The highest BCUT2D eigenvalue weighted by atomic mass is 35.5. The fourth-order valence-electron chi connectivity index (χ4n) is 1.39. The Hall–Kier alpha value is -1.56. The van der Waals surface area contributed by atoms with Crippen LogP contribution in [-0.2, 0) is 0 Å². The summed E-state index contributed by atoms with van der Waals surface area (Å²) in [5, 5.41) is 9.67. The van der Waals surface area contributed by atoms with Crippen molar-refractivity contribution >= 4 is 23.2 Å². The molecular formula is C12H6Cl2N2. The van der Waals surface area contributed by atoms with E-state index >= 15 is 0 Å². The summed E-state index contributed by atoms with van der Waals surface area (Å²) in [4.78, 5) is 3.90. The first-order chi connectivity index (χ1) is 7.70. The molecule has 2 rings (SSSR count). The van der Waals surface area contributed by atoms with Gasteiger partial charge in [-0.15, -0.1) is 0 Å². The van der Waals surface area contributed by atoms with E-state index in [0.29, 0.717) is 15.7 Å². The maximum atomic E-state index is 8.73. The van der Waals surface area contributed by atoms with Crippen molar-refractivity contribution in [1.29, 1.82) is 5.26 Å². The van der Waals surface area contributed by atoms with Crippen LogP contribution < -0.4 is 0 Å². The second-order valence-corrected chi connectivity index (χ2v) is 3.97. The van der Waals surface area contributed by atoms with E-state index in [9.17, 15) is 0 Å². The number of halogens is 2. The zero-order valence-electron chi connectivity index (χ0n) is 8.11. The monoisotopic (exact) mass is 248 g/mol. The lowest BCUT2D eigenvalue weighted by atomic mass is 10.1. The molecule has 0 spiro atoms. The van der Waals surface area contributed by atoms with Crippen molar-refractivity contribution < 1.29 is 0 Å². The SMILES string of the molecule is N#Cc1ccc(-c2ccnc(Cl)c2)c(Cl)c1. The zero-order chi connectivity index (χ0) is 11.5. The normalized spacial score (nSPS) is 9.81. The molecule has 78 valence electrons. The lowest BCUT2D eigenvalue weighted by Crippen LogP contribution is -1.83. The minimum atomic E-state index is 0.415. The lowest BCUT2D eigenvalue weighted by molar-refractivity contribution is 1.33. The fraction of sp³-hybridized carbons (Fsp3) is 0. The molecule has 0 saturated heterocycles. The Labute approximate surface area is 103 Å². The Morgan fingerprint density at radius 2 is 1.94 bits per heavy atom. The minimum absolute atomic E-state index is 0.415. The smallest absolute Gasteiger partial charge is 0.129 e. The van der Waals surface area contributed by atoms with Crippen molar-refractivity contribution in [2.45, 2.75) is 0 Å². The van der Waals surface area contributed by atoms with Gasteiger partial charge in [0.05, 0.1) is 11.6 Å². The van der Waals surface area contributed by atoms with E-state index in [2.05, 4.69) is 4.98 Å². The van der Waals surface area contributed by atoms with Gasteiger partial charge in [-0.05, 0) is 29.8 Å². The van der Waals surface area contributed by atoms with Crippen LogP contribution in [0.3, 0.4) is 0 Å². The van der Waals surface area contributed by atoms with Gasteiger partial charge in [-0.3, -0.25) is 0 Å². The largest absolute Gasteiger partial charge is 0.245 e. The number of pyridine rings is 1. The molecule has 0 radical (unpaired) electrons. The van der Waals surface area contributed by atoms with Gasteiger partial charge in [0.2, 0.25) is 0 Å². The van der Waals surface area contributed by atoms with Crippen molar-refractivity contribution in [1.82, 2.24) is 4.98 Å². The molecule has 16 heavy (non-hydrogen) atoms. The van der Waals surface area contributed by atoms with Crippen LogP contribution in [0.1, 0.15) is 5.56 Å². The molecule has 0 aliphatic rings. The number of benzene rings is 1. The molecule has 0 bridgehead atoms. The van der Waals surface area contributed by atoms with Gasteiger partial charge in [-0.25, -0.2) is 4.98 Å². The highest BCUT2D eigenvalue weighted by molar-refractivity contribution is 6.33. The molecule has 0 atom stereocenters. The summed E-state index contributed by atoms with van der Waals surface area (Å²) >= 11 is 11.9. The average molecular weight is 249 g/mol. The molecule has 4 heteroatoms. The number of hydrogen-bond donors (Lipinski definition) is 0. The standard InChI is InChI=1S/C12H6Cl2N2/c13-11-5-8(7-15)1-2-10(11)9-3-4-16-12(14)6-9/h1-6H. The topological polar surface area (TPSA) is 36.7 Å². The summed E-state index contributed by atoms with van der Waals surface area (Å²) in [6.07, 6.45) is 1.62. The van der Waals surface area contributed by atoms with Crippen LogP contribution in [0.2, 0.25) is 10.2 Å². The van der Waals surface area contributed by atoms with Crippen molar-refractivity contribution in [3.05, 3.63) is 52.3 Å². The van der Waals surface area contributed by atoms with Crippen LogP contribution in [0.15, 0.2) is 36.5 Å². The number of aromatic nitrogens is 1. The van der Waals surface area contributed by atoms with E-state index in [4.69, 9.17) is 28.5 Å². The highest BCUT2D eigenvalue weighted by Crippen LogP contribution is 2.29. The van der Waals surface area contributed by atoms with Gasteiger partial charge >= 0.3 is 0 Å². The number of nitriles is 1.